The van der Waals surface area contributed by atoms with Gasteiger partial charge in [-0.2, -0.15) is 0 Å². The van der Waals surface area contributed by atoms with Crippen LogP contribution in [0.15, 0.2) is 351 Å². The number of aromatic nitrogens is 3. The highest BCUT2D eigenvalue weighted by Gasteiger charge is 2.41. The summed E-state index contributed by atoms with van der Waals surface area (Å²) >= 11 is 0. The highest BCUT2D eigenvalue weighted by atomic mass is 15.2. The molecule has 10 bridgehead atoms. The quantitative estimate of drug-likeness (QED) is 0.174. The van der Waals surface area contributed by atoms with Crippen molar-refractivity contribution < 1.29 is 20.6 Å². The van der Waals surface area contributed by atoms with Crippen molar-refractivity contribution in [1.29, 1.82) is 0 Å². The fourth-order valence-electron chi connectivity index (χ4n) is 17.7. The molecule has 0 saturated carbocycles. The third-order valence-corrected chi connectivity index (χ3v) is 23.4. The molecule has 114 heavy (non-hydrogen) atoms. The third-order valence-electron chi connectivity index (χ3n) is 23.4. The number of anilines is 5. The van der Waals surface area contributed by atoms with Crippen molar-refractivity contribution in [1.82, 2.24) is 13.7 Å². The van der Waals surface area contributed by atoms with Gasteiger partial charge in [-0.3, -0.25) is 0 Å². The van der Waals surface area contributed by atoms with Crippen LogP contribution in [0.1, 0.15) is 99.6 Å². The second kappa shape index (κ2) is 26.1. The molecular weight excluding hydrogens is 1380 g/mol. The molecule has 3 aromatic heterocycles. The molecule has 6 heterocycles. The molecule has 0 amide bonds. The Morgan fingerprint density at radius 2 is 0.667 bits per heavy atom. The lowest BCUT2D eigenvalue weighted by molar-refractivity contribution is 0.590. The lowest BCUT2D eigenvalue weighted by Gasteiger charge is -2.41. The molecule has 0 aliphatic carbocycles. The fourth-order valence-corrected chi connectivity index (χ4v) is 17.7. The van der Waals surface area contributed by atoms with Crippen LogP contribution in [0.3, 0.4) is 0 Å². The zero-order valence-electron chi connectivity index (χ0n) is 79.7. The number of fused-ring (bicyclic) bond motifs is 6. The van der Waals surface area contributed by atoms with Crippen LogP contribution in [0.2, 0.25) is 0 Å². The zero-order valence-corrected chi connectivity index (χ0v) is 64.7. The smallest absolute Gasteiger partial charge is 0.249 e. The molecule has 3 aliphatic heterocycles. The average molecular weight is 1480 g/mol. The van der Waals surface area contributed by atoms with Crippen LogP contribution < -0.4 is 26.6 Å². The van der Waals surface area contributed by atoms with Gasteiger partial charge in [0.1, 0.15) is 0 Å². The van der Waals surface area contributed by atoms with Gasteiger partial charge in [0.15, 0.2) is 0 Å². The van der Waals surface area contributed by atoms with E-state index >= 15 is 0 Å². The highest BCUT2D eigenvalue weighted by Crippen LogP contribution is 2.53. The van der Waals surface area contributed by atoms with E-state index in [-0.39, 0.29) is 61.7 Å². The second-order valence-electron chi connectivity index (χ2n) is 33.5. The largest absolute Gasteiger partial charge is 0.355 e. The number of nitrogens with zero attached hydrogens (tertiary/aromatic N) is 4. The number of para-hydroxylation sites is 5. The van der Waals surface area contributed by atoms with Crippen molar-refractivity contribution in [3.63, 3.8) is 0 Å². The lowest BCUT2D eigenvalue weighted by atomic mass is 9.34. The van der Waals surface area contributed by atoms with Crippen molar-refractivity contribution in [3.05, 3.63) is 368 Å². The predicted octanol–water partition coefficient (Wildman–Crippen LogP) is 27.2. The highest BCUT2D eigenvalue weighted by molar-refractivity contribution is 6.99. The van der Waals surface area contributed by atoms with Gasteiger partial charge < -0.3 is 23.9 Å². The van der Waals surface area contributed by atoms with Gasteiger partial charge in [-0.1, -0.05) is 286 Å². The first kappa shape index (κ1) is 54.3. The Kier molecular flexibility index (Phi) is 12.4. The van der Waals surface area contributed by atoms with E-state index in [9.17, 15) is 17.8 Å². The van der Waals surface area contributed by atoms with Crippen LogP contribution in [-0.4, -0.2) is 20.4 Å². The summed E-state index contributed by atoms with van der Waals surface area (Å²) in [5.41, 5.74) is 22.1. The first-order valence-corrected chi connectivity index (χ1v) is 39.0. The van der Waals surface area contributed by atoms with Gasteiger partial charge in [0.05, 0.1) is 65.0 Å². The van der Waals surface area contributed by atoms with Crippen molar-refractivity contribution in [2.75, 3.05) is 10.2 Å². The molecule has 6 heteroatoms. The Balaban J connectivity index is 0.975. The van der Waals surface area contributed by atoms with Crippen molar-refractivity contribution >= 4 is 117 Å². The predicted molar refractivity (Wildman–Crippen MR) is 487 cm³/mol. The molecule has 0 fully saturated rings. The van der Waals surface area contributed by atoms with Crippen molar-refractivity contribution in [2.45, 2.75) is 78.6 Å². The molecule has 22 rings (SSSR count). The topological polar surface area (TPSA) is 30.1 Å². The fraction of sp³-hybridized carbons (Fsp3) is 0.111. The average Bonchev–Trinajstić information content (AvgIpc) is 1.56. The maximum atomic E-state index is 10.0. The lowest BCUT2D eigenvalue weighted by Crippen LogP contribution is -2.58. The van der Waals surface area contributed by atoms with Crippen LogP contribution in [0, 0.1) is 0 Å². The summed E-state index contributed by atoms with van der Waals surface area (Å²) in [4.78, 5) is 2.35. The van der Waals surface area contributed by atoms with E-state index in [1.807, 2.05) is 78.9 Å². The number of hydrogen-bond acceptors (Lipinski definition) is 2. The Hall–Kier alpha value is -13.4. The molecule has 0 saturated heterocycles. The van der Waals surface area contributed by atoms with Gasteiger partial charge in [-0.15, -0.1) is 0 Å². The number of hydrogen-bond donors (Lipinski definition) is 1. The van der Waals surface area contributed by atoms with Gasteiger partial charge in [-0.05, 0) is 221 Å². The first-order valence-electron chi connectivity index (χ1n) is 46.5. The molecule has 5 nitrogen and oxygen atoms in total. The molecule has 0 spiro atoms. The minimum atomic E-state index is -0.825. The second-order valence-corrected chi connectivity index (χ2v) is 33.5. The molecule has 0 radical (unpaired) electrons. The van der Waals surface area contributed by atoms with E-state index in [2.05, 4.69) is 253 Å². The van der Waals surface area contributed by atoms with Crippen LogP contribution >= 0.6 is 0 Å². The monoisotopic (exact) mass is 1480 g/mol. The molecular formula is C108H86BN5. The Labute approximate surface area is 688 Å². The molecule has 0 unspecified atom stereocenters. The third kappa shape index (κ3) is 11.2. The molecule has 1 N–H and O–H groups in total. The molecule has 3 aliphatic rings. The van der Waals surface area contributed by atoms with E-state index in [1.165, 1.54) is 6.07 Å². The minimum Gasteiger partial charge on any atom is -0.355 e. The van der Waals surface area contributed by atoms with Crippen LogP contribution in [0.5, 0.6) is 0 Å². The molecule has 19 aromatic rings. The summed E-state index contributed by atoms with van der Waals surface area (Å²) in [6.07, 6.45) is 0. The summed E-state index contributed by atoms with van der Waals surface area (Å²) in [5.74, 6) is 0. The zero-order chi connectivity index (χ0) is 90.1. The van der Waals surface area contributed by atoms with E-state index in [0.29, 0.717) is 33.9 Å². The summed E-state index contributed by atoms with van der Waals surface area (Å²) in [6.45, 7) is 19.1. The van der Waals surface area contributed by atoms with E-state index in [1.54, 1.807) is 9.13 Å². The van der Waals surface area contributed by atoms with E-state index in [0.717, 1.165) is 133 Å². The minimum absolute atomic E-state index is 0.0262. The summed E-state index contributed by atoms with van der Waals surface area (Å²) in [7, 11) is 0. The van der Waals surface area contributed by atoms with Crippen molar-refractivity contribution in [3.8, 4) is 83.8 Å². The summed E-state index contributed by atoms with van der Waals surface area (Å²) in [5, 5.41) is 6.35. The standard InChI is InChI=1S/C108H86BN5/c1-106(2,3)76-49-52-93-102(65-76)114-103-67-81(113-98-45-25-21-41-84(98)85-42-22-26-46-99(85)113)51-54-94(103)109(93)92-53-50-80(112-96-43-23-19-39-82(96)83-40-20-24-44-97(83)112)66-95(92)110-104-86(68-29-13-10-14-30-68)61-77(107(4,5)6)62-87(104)74-35-27-33-70(57-74)72-47-55-100-90(59-72)91-60-73(48-56-101(91)111(100)79-37-17-12-18-38-79)71-34-28-36-75(58-71)89-64-78(108(7,8)9)63-88(105(89)114)69-31-15-11-16-32-69/h10-67,110H,1-9H3/i19D,20D,21D,22D,23D,24D,25D,26D,39D,40D,41D,42D,43D,45D,46D. The summed E-state index contributed by atoms with van der Waals surface area (Å²) < 4.78 is 149. The van der Waals surface area contributed by atoms with Crippen LogP contribution in [-0.2, 0) is 16.2 Å². The number of nitrogens with one attached hydrogen (secondary N) is 1. The SMILES string of the molecule is [2H]c1cc2c(c([2H])c1[2H])c1c([2H])c([2H])c([2H])c([2H])c1n2-c1ccc2c(c1)Nc1c(-c3ccccc3)cc(C(C)(C)C)cc1-c1cccc(c1)-c1ccc3c(c1)c1cc(ccc1n3-c1ccccc1)-c1cccc(c1)-c1cc(C(C)(C)C)cc(-c3ccccc3)c1N1c3cc(-n4c5c([2H])c([2H])c([2H])c([2H])c5c5c([2H])c([2H])c([2H])c([2H])c54)ccc3B2c2ccc(C(C)(C)C)cc21. The number of benzene rings is 16. The Morgan fingerprint density at radius 1 is 0.272 bits per heavy atom. The normalized spacial score (nSPS) is 14.7. The Morgan fingerprint density at radius 3 is 1.22 bits per heavy atom. The Bertz CT molecular complexity index is 8020. The van der Waals surface area contributed by atoms with Crippen LogP contribution in [0.4, 0.5) is 28.4 Å². The number of rotatable bonds is 5. The van der Waals surface area contributed by atoms with Crippen LogP contribution in [0.25, 0.3) is 149 Å². The molecule has 546 valence electrons. The van der Waals surface area contributed by atoms with Gasteiger partial charge >= 0.3 is 0 Å². The van der Waals surface area contributed by atoms with E-state index in [4.69, 9.17) is 2.74 Å². The van der Waals surface area contributed by atoms with E-state index < -0.39 is 95.5 Å². The maximum absolute atomic E-state index is 10.0. The molecule has 16 aromatic carbocycles. The van der Waals surface area contributed by atoms with Gasteiger partial charge in [0, 0.05) is 88.7 Å². The first-order chi connectivity index (χ1) is 61.6. The van der Waals surface area contributed by atoms with Gasteiger partial charge in [0.2, 0.25) is 6.71 Å². The maximum Gasteiger partial charge on any atom is 0.249 e. The summed E-state index contributed by atoms with van der Waals surface area (Å²) in [6, 6.07) is 84.4. The molecule has 0 atom stereocenters. The van der Waals surface area contributed by atoms with Crippen molar-refractivity contribution in [2.24, 2.45) is 0 Å². The van der Waals surface area contributed by atoms with Gasteiger partial charge in [0.25, 0.3) is 0 Å². The van der Waals surface area contributed by atoms with Gasteiger partial charge in [-0.25, -0.2) is 0 Å².